The minimum atomic E-state index is -0.973. The maximum Gasteiger partial charge on any atom is 0.337 e. The molecule has 2 N–H and O–H groups in total. The molecule has 0 aliphatic rings. The zero-order valence-corrected chi connectivity index (χ0v) is 10.7. The quantitative estimate of drug-likeness (QED) is 0.840. The van der Waals surface area contributed by atoms with Gasteiger partial charge in [0.1, 0.15) is 5.82 Å². The summed E-state index contributed by atoms with van der Waals surface area (Å²) >= 11 is 0. The van der Waals surface area contributed by atoms with E-state index >= 15 is 0 Å². The highest BCUT2D eigenvalue weighted by molar-refractivity contribution is 5.89. The van der Waals surface area contributed by atoms with Crippen LogP contribution in [0.4, 0.5) is 5.82 Å². The zero-order chi connectivity index (χ0) is 13.8. The Labute approximate surface area is 109 Å². The van der Waals surface area contributed by atoms with Gasteiger partial charge >= 0.3 is 5.97 Å². The molecule has 2 aromatic heterocycles. The van der Waals surface area contributed by atoms with Crippen LogP contribution in [0.2, 0.25) is 0 Å². The van der Waals surface area contributed by atoms with Crippen LogP contribution in [-0.4, -0.2) is 32.7 Å². The molecule has 0 aliphatic heterocycles. The average molecular weight is 262 g/mol. The molecular formula is C12H14N4O3. The van der Waals surface area contributed by atoms with Crippen LogP contribution in [0.1, 0.15) is 27.8 Å². The maximum absolute atomic E-state index is 10.8. The van der Waals surface area contributed by atoms with Gasteiger partial charge in [-0.15, -0.1) is 0 Å². The van der Waals surface area contributed by atoms with Crippen molar-refractivity contribution in [1.82, 2.24) is 15.1 Å². The molecule has 0 radical (unpaired) electrons. The third-order valence-corrected chi connectivity index (χ3v) is 2.54. The molecule has 0 atom stereocenters. The van der Waals surface area contributed by atoms with Gasteiger partial charge in [-0.25, -0.2) is 9.78 Å². The van der Waals surface area contributed by atoms with Crippen molar-refractivity contribution in [3.05, 3.63) is 35.1 Å². The van der Waals surface area contributed by atoms with Crippen LogP contribution in [0.5, 0.6) is 0 Å². The van der Waals surface area contributed by atoms with Crippen LogP contribution < -0.4 is 5.32 Å². The summed E-state index contributed by atoms with van der Waals surface area (Å²) in [5.41, 5.74) is 0.687. The monoisotopic (exact) mass is 262 g/mol. The first-order valence-electron chi connectivity index (χ1n) is 5.80. The van der Waals surface area contributed by atoms with Gasteiger partial charge in [-0.3, -0.25) is 0 Å². The molecule has 2 rings (SSSR count). The molecule has 0 amide bonds. The number of aryl methyl sites for hydroxylation is 2. The molecule has 0 fully saturated rings. The first-order chi connectivity index (χ1) is 9.06. The van der Waals surface area contributed by atoms with Gasteiger partial charge in [-0.1, -0.05) is 5.16 Å². The summed E-state index contributed by atoms with van der Waals surface area (Å²) in [4.78, 5) is 19.1. The highest BCUT2D eigenvalue weighted by atomic mass is 16.5. The Kier molecular flexibility index (Phi) is 3.74. The van der Waals surface area contributed by atoms with Gasteiger partial charge in [0.25, 0.3) is 0 Å². The number of nitrogens with zero attached hydrogens (tertiary/aromatic N) is 3. The Morgan fingerprint density at radius 2 is 2.16 bits per heavy atom. The minimum absolute atomic E-state index is 0.208. The minimum Gasteiger partial charge on any atom is -0.478 e. The largest absolute Gasteiger partial charge is 0.478 e. The second kappa shape index (κ2) is 5.47. The van der Waals surface area contributed by atoms with E-state index in [1.165, 1.54) is 6.07 Å². The molecule has 0 bridgehead atoms. The predicted octanol–water partition coefficient (Wildman–Crippen LogP) is 1.43. The first kappa shape index (κ1) is 13.0. The summed E-state index contributed by atoms with van der Waals surface area (Å²) in [6, 6.07) is 3.17. The van der Waals surface area contributed by atoms with Crippen LogP contribution in [0, 0.1) is 13.8 Å². The number of hydrogen-bond acceptors (Lipinski definition) is 6. The second-order valence-corrected chi connectivity index (χ2v) is 4.04. The molecule has 100 valence electrons. The van der Waals surface area contributed by atoms with Crippen molar-refractivity contribution in [1.29, 1.82) is 0 Å². The van der Waals surface area contributed by atoms with Crippen LogP contribution in [-0.2, 0) is 6.42 Å². The van der Waals surface area contributed by atoms with E-state index < -0.39 is 5.97 Å². The van der Waals surface area contributed by atoms with E-state index in [-0.39, 0.29) is 5.56 Å². The molecule has 0 aromatic carbocycles. The van der Waals surface area contributed by atoms with Gasteiger partial charge in [0.05, 0.1) is 11.3 Å². The number of hydrogen-bond donors (Lipinski definition) is 2. The van der Waals surface area contributed by atoms with E-state index in [9.17, 15) is 4.79 Å². The summed E-state index contributed by atoms with van der Waals surface area (Å²) in [7, 11) is 0. The summed E-state index contributed by atoms with van der Waals surface area (Å²) in [6.07, 6.45) is 0.610. The molecule has 0 spiro atoms. The fourth-order valence-electron chi connectivity index (χ4n) is 1.63. The molecular weight excluding hydrogens is 248 g/mol. The molecule has 0 aliphatic carbocycles. The Morgan fingerprint density at radius 1 is 1.37 bits per heavy atom. The Hall–Kier alpha value is -2.44. The number of carbonyl (C=O) groups is 1. The molecule has 0 unspecified atom stereocenters. The van der Waals surface area contributed by atoms with Gasteiger partial charge < -0.3 is 14.9 Å². The van der Waals surface area contributed by atoms with Crippen LogP contribution >= 0.6 is 0 Å². The molecule has 0 saturated heterocycles. The smallest absolute Gasteiger partial charge is 0.337 e. The standard InChI is InChI=1S/C12H14N4O3/c1-7-9(12(17)18)3-4-10(14-7)13-6-5-11-15-8(2)19-16-11/h3-4H,5-6H2,1-2H3,(H,13,14)(H,17,18). The van der Waals surface area contributed by atoms with Crippen molar-refractivity contribution in [2.45, 2.75) is 20.3 Å². The number of pyridine rings is 1. The van der Waals surface area contributed by atoms with Crippen molar-refractivity contribution in [3.8, 4) is 0 Å². The van der Waals surface area contributed by atoms with Crippen LogP contribution in [0.3, 0.4) is 0 Å². The summed E-state index contributed by atoms with van der Waals surface area (Å²) in [5.74, 6) is 0.820. The lowest BCUT2D eigenvalue weighted by molar-refractivity contribution is 0.0695. The van der Waals surface area contributed by atoms with Crippen molar-refractivity contribution < 1.29 is 14.4 Å². The fraction of sp³-hybridized carbons (Fsp3) is 0.333. The molecule has 2 aromatic rings. The van der Waals surface area contributed by atoms with Gasteiger partial charge in [0.15, 0.2) is 5.82 Å². The third-order valence-electron chi connectivity index (χ3n) is 2.54. The molecule has 19 heavy (non-hydrogen) atoms. The topological polar surface area (TPSA) is 101 Å². The van der Waals surface area contributed by atoms with E-state index in [0.29, 0.717) is 36.2 Å². The highest BCUT2D eigenvalue weighted by Gasteiger charge is 2.08. The Morgan fingerprint density at radius 3 is 2.74 bits per heavy atom. The second-order valence-electron chi connectivity index (χ2n) is 4.04. The first-order valence-corrected chi connectivity index (χ1v) is 5.80. The van der Waals surface area contributed by atoms with Gasteiger partial charge in [-0.05, 0) is 19.1 Å². The Bertz CT molecular complexity index is 594. The van der Waals surface area contributed by atoms with Crippen LogP contribution in [0.25, 0.3) is 0 Å². The molecule has 7 heteroatoms. The molecule has 0 saturated carbocycles. The number of aromatic carboxylic acids is 1. The summed E-state index contributed by atoms with van der Waals surface area (Å²) < 4.78 is 4.86. The lowest BCUT2D eigenvalue weighted by Gasteiger charge is -2.06. The van der Waals surface area contributed by atoms with E-state index in [1.54, 1.807) is 19.9 Å². The van der Waals surface area contributed by atoms with Crippen molar-refractivity contribution >= 4 is 11.8 Å². The van der Waals surface area contributed by atoms with E-state index in [1.807, 2.05) is 0 Å². The van der Waals surface area contributed by atoms with E-state index in [4.69, 9.17) is 9.63 Å². The highest BCUT2D eigenvalue weighted by Crippen LogP contribution is 2.10. The Balaban J connectivity index is 1.93. The summed E-state index contributed by atoms with van der Waals surface area (Å²) in [6.45, 7) is 3.99. The van der Waals surface area contributed by atoms with E-state index in [2.05, 4.69) is 20.4 Å². The SMILES string of the molecule is Cc1nc(CCNc2ccc(C(=O)O)c(C)n2)no1. The lowest BCUT2D eigenvalue weighted by atomic mass is 10.2. The predicted molar refractivity (Wildman–Crippen MR) is 67.2 cm³/mol. The van der Waals surface area contributed by atoms with Crippen LogP contribution in [0.15, 0.2) is 16.7 Å². The fourth-order valence-corrected chi connectivity index (χ4v) is 1.63. The number of aromatic nitrogens is 3. The number of carboxylic acid groups (broad SMARTS) is 1. The number of anilines is 1. The summed E-state index contributed by atoms with van der Waals surface area (Å²) in [5, 5.41) is 15.8. The van der Waals surface area contributed by atoms with Gasteiger partial charge in [0.2, 0.25) is 5.89 Å². The van der Waals surface area contributed by atoms with Crippen molar-refractivity contribution in [2.24, 2.45) is 0 Å². The molecule has 2 heterocycles. The lowest BCUT2D eigenvalue weighted by Crippen LogP contribution is -2.09. The average Bonchev–Trinajstić information content (AvgIpc) is 2.75. The van der Waals surface area contributed by atoms with Crippen molar-refractivity contribution in [3.63, 3.8) is 0 Å². The number of nitrogens with one attached hydrogen (secondary N) is 1. The van der Waals surface area contributed by atoms with Gasteiger partial charge in [0, 0.05) is 19.9 Å². The molecule has 7 nitrogen and oxygen atoms in total. The number of carboxylic acids is 1. The third kappa shape index (κ3) is 3.27. The maximum atomic E-state index is 10.8. The zero-order valence-electron chi connectivity index (χ0n) is 10.7. The number of rotatable bonds is 5. The normalized spacial score (nSPS) is 10.4. The van der Waals surface area contributed by atoms with Gasteiger partial charge in [-0.2, -0.15) is 4.98 Å². The van der Waals surface area contributed by atoms with Crippen molar-refractivity contribution in [2.75, 3.05) is 11.9 Å². The van der Waals surface area contributed by atoms with E-state index in [0.717, 1.165) is 0 Å².